The molecule has 0 saturated carbocycles. The molecule has 1 aliphatic heterocycles. The Morgan fingerprint density at radius 1 is 1.21 bits per heavy atom. The molecule has 0 aliphatic carbocycles. The van der Waals surface area contributed by atoms with Gasteiger partial charge in [-0.1, -0.05) is 12.1 Å². The van der Waals surface area contributed by atoms with Crippen LogP contribution in [0.5, 0.6) is 0 Å². The molecule has 1 aliphatic rings. The zero-order valence-electron chi connectivity index (χ0n) is 10.7. The van der Waals surface area contributed by atoms with Crippen LogP contribution in [0.4, 0.5) is 0 Å². The highest BCUT2D eigenvalue weighted by Gasteiger charge is 2.13. The molecule has 0 N–H and O–H groups in total. The molecule has 0 atom stereocenters. The minimum atomic E-state index is 0.404. The molecule has 0 unspecified atom stereocenters. The number of oxazole rings is 1. The number of hydrogen-bond acceptors (Lipinski definition) is 4. The molecule has 98 valence electrons. The van der Waals surface area contributed by atoms with E-state index in [1.165, 1.54) is 19.3 Å². The summed E-state index contributed by atoms with van der Waals surface area (Å²) < 4.78 is 5.63. The fraction of sp³-hybridized carbons (Fsp3) is 0.333. The Morgan fingerprint density at radius 2 is 2.00 bits per heavy atom. The van der Waals surface area contributed by atoms with Crippen LogP contribution in [0, 0.1) is 0 Å². The Balaban J connectivity index is 1.92. The average molecular weight is 256 g/mol. The zero-order chi connectivity index (χ0) is 13.1. The fourth-order valence-electron chi connectivity index (χ4n) is 2.38. The van der Waals surface area contributed by atoms with Crippen molar-refractivity contribution in [3.8, 4) is 0 Å². The van der Waals surface area contributed by atoms with Gasteiger partial charge in [0.15, 0.2) is 11.9 Å². The van der Waals surface area contributed by atoms with Crippen LogP contribution >= 0.6 is 0 Å². The quantitative estimate of drug-likeness (QED) is 0.625. The van der Waals surface area contributed by atoms with E-state index in [4.69, 9.17) is 4.42 Å². The maximum Gasteiger partial charge on any atom is 0.232 e. The number of carbonyl (C=O) groups excluding carboxylic acids is 1. The predicted octanol–water partition coefficient (Wildman–Crippen LogP) is 2.85. The number of carbonyl (C=O) groups is 1. The molecule has 1 fully saturated rings. The first-order chi connectivity index (χ1) is 9.36. The number of likely N-dealkylation sites (tertiary alicyclic amines) is 1. The monoisotopic (exact) mass is 256 g/mol. The normalized spacial score (nSPS) is 16.8. The Morgan fingerprint density at radius 3 is 2.74 bits per heavy atom. The number of aldehydes is 1. The van der Waals surface area contributed by atoms with E-state index in [1.54, 1.807) is 0 Å². The van der Waals surface area contributed by atoms with E-state index in [0.717, 1.165) is 24.9 Å². The summed E-state index contributed by atoms with van der Waals surface area (Å²) in [4.78, 5) is 17.8. The first-order valence-electron chi connectivity index (χ1n) is 6.64. The van der Waals surface area contributed by atoms with Crippen molar-refractivity contribution in [3.05, 3.63) is 36.4 Å². The third-order valence-electron chi connectivity index (χ3n) is 3.38. The van der Waals surface area contributed by atoms with E-state index in [-0.39, 0.29) is 0 Å². The second-order valence-corrected chi connectivity index (χ2v) is 4.79. The van der Waals surface area contributed by atoms with Crippen LogP contribution in [0.15, 0.2) is 34.9 Å². The minimum Gasteiger partial charge on any atom is -0.436 e. The lowest BCUT2D eigenvalue weighted by Gasteiger charge is -2.25. The van der Waals surface area contributed by atoms with Gasteiger partial charge in [-0.3, -0.25) is 4.79 Å². The largest absolute Gasteiger partial charge is 0.436 e. The van der Waals surface area contributed by atoms with Gasteiger partial charge in [-0.25, -0.2) is 4.98 Å². The van der Waals surface area contributed by atoms with Crippen molar-refractivity contribution < 1.29 is 9.21 Å². The second kappa shape index (κ2) is 5.26. The van der Waals surface area contributed by atoms with E-state index in [9.17, 15) is 4.79 Å². The Bertz CT molecular complexity index is 576. The van der Waals surface area contributed by atoms with Gasteiger partial charge in [0.25, 0.3) is 0 Å². The molecule has 3 rings (SSSR count). The standard InChI is InChI=1S/C15H16N2O2/c18-11-12(10-17-8-4-1-5-9-17)15-16-13-6-2-3-7-14(13)19-15/h2-3,6-7,10-11H,1,4-5,8-9H2. The van der Waals surface area contributed by atoms with E-state index in [0.29, 0.717) is 17.0 Å². The van der Waals surface area contributed by atoms with Gasteiger partial charge in [-0.2, -0.15) is 0 Å². The zero-order valence-corrected chi connectivity index (χ0v) is 10.7. The number of hydrogen-bond donors (Lipinski definition) is 0. The van der Waals surface area contributed by atoms with Crippen LogP contribution < -0.4 is 0 Å². The number of nitrogens with zero attached hydrogens (tertiary/aromatic N) is 2. The number of piperidine rings is 1. The summed E-state index contributed by atoms with van der Waals surface area (Å²) in [6.07, 6.45) is 6.31. The van der Waals surface area contributed by atoms with Gasteiger partial charge < -0.3 is 9.32 Å². The summed E-state index contributed by atoms with van der Waals surface area (Å²) in [6.45, 7) is 2.00. The molecule has 1 aromatic heterocycles. The summed E-state index contributed by atoms with van der Waals surface area (Å²) in [5.41, 5.74) is 2.01. The molecule has 0 radical (unpaired) electrons. The van der Waals surface area contributed by atoms with Gasteiger partial charge in [0, 0.05) is 19.3 Å². The van der Waals surface area contributed by atoms with Gasteiger partial charge in [-0.05, 0) is 31.4 Å². The highest BCUT2D eigenvalue weighted by Crippen LogP contribution is 2.21. The van der Waals surface area contributed by atoms with E-state index >= 15 is 0 Å². The molecule has 4 heteroatoms. The SMILES string of the molecule is O=CC(=CN1CCCCC1)c1nc2ccccc2o1. The van der Waals surface area contributed by atoms with Crippen molar-refractivity contribution in [2.24, 2.45) is 0 Å². The molecule has 2 heterocycles. The first-order valence-corrected chi connectivity index (χ1v) is 6.64. The molecular weight excluding hydrogens is 240 g/mol. The van der Waals surface area contributed by atoms with Crippen molar-refractivity contribution in [2.75, 3.05) is 13.1 Å². The predicted molar refractivity (Wildman–Crippen MR) is 73.5 cm³/mol. The summed E-state index contributed by atoms with van der Waals surface area (Å²) >= 11 is 0. The molecule has 0 amide bonds. The van der Waals surface area contributed by atoms with Gasteiger partial charge >= 0.3 is 0 Å². The summed E-state index contributed by atoms with van der Waals surface area (Å²) in [5.74, 6) is 0.404. The molecular formula is C15H16N2O2. The Hall–Kier alpha value is -2.10. The maximum absolute atomic E-state index is 11.3. The van der Waals surface area contributed by atoms with E-state index < -0.39 is 0 Å². The molecule has 0 bridgehead atoms. The van der Waals surface area contributed by atoms with Gasteiger partial charge in [0.2, 0.25) is 5.89 Å². The maximum atomic E-state index is 11.3. The van der Waals surface area contributed by atoms with Crippen molar-refractivity contribution in [2.45, 2.75) is 19.3 Å². The van der Waals surface area contributed by atoms with Crippen molar-refractivity contribution >= 4 is 23.0 Å². The average Bonchev–Trinajstić information content (AvgIpc) is 2.89. The summed E-state index contributed by atoms with van der Waals surface area (Å²) in [7, 11) is 0. The van der Waals surface area contributed by atoms with Crippen LogP contribution in [0.3, 0.4) is 0 Å². The van der Waals surface area contributed by atoms with Gasteiger partial charge in [0.1, 0.15) is 5.52 Å². The highest BCUT2D eigenvalue weighted by molar-refractivity contribution is 6.05. The lowest BCUT2D eigenvalue weighted by Crippen LogP contribution is -2.24. The fourth-order valence-corrected chi connectivity index (χ4v) is 2.38. The van der Waals surface area contributed by atoms with E-state index in [1.807, 2.05) is 30.5 Å². The van der Waals surface area contributed by atoms with Crippen molar-refractivity contribution in [1.82, 2.24) is 9.88 Å². The lowest BCUT2D eigenvalue weighted by molar-refractivity contribution is -0.103. The topological polar surface area (TPSA) is 46.3 Å². The van der Waals surface area contributed by atoms with Gasteiger partial charge in [-0.15, -0.1) is 0 Å². The van der Waals surface area contributed by atoms with Crippen LogP contribution in [0.1, 0.15) is 25.2 Å². The second-order valence-electron chi connectivity index (χ2n) is 4.79. The van der Waals surface area contributed by atoms with E-state index in [2.05, 4.69) is 9.88 Å². The van der Waals surface area contributed by atoms with Crippen molar-refractivity contribution in [3.63, 3.8) is 0 Å². The van der Waals surface area contributed by atoms with Crippen LogP contribution in [-0.4, -0.2) is 29.3 Å². The Kier molecular flexibility index (Phi) is 3.31. The highest BCUT2D eigenvalue weighted by atomic mass is 16.3. The smallest absolute Gasteiger partial charge is 0.232 e. The minimum absolute atomic E-state index is 0.404. The third-order valence-corrected chi connectivity index (χ3v) is 3.38. The Labute approximate surface area is 111 Å². The molecule has 4 nitrogen and oxygen atoms in total. The number of allylic oxidation sites excluding steroid dienone is 1. The number of para-hydroxylation sites is 2. The van der Waals surface area contributed by atoms with Crippen molar-refractivity contribution in [1.29, 1.82) is 0 Å². The third kappa shape index (κ3) is 2.52. The van der Waals surface area contributed by atoms with Crippen LogP contribution in [-0.2, 0) is 4.79 Å². The number of benzene rings is 1. The molecule has 1 saturated heterocycles. The number of fused-ring (bicyclic) bond motifs is 1. The first kappa shape index (κ1) is 12.0. The lowest BCUT2D eigenvalue weighted by atomic mass is 10.1. The van der Waals surface area contributed by atoms with Gasteiger partial charge in [0.05, 0.1) is 5.57 Å². The number of rotatable bonds is 3. The molecule has 19 heavy (non-hydrogen) atoms. The molecule has 0 spiro atoms. The number of aromatic nitrogens is 1. The van der Waals surface area contributed by atoms with Crippen LogP contribution in [0.25, 0.3) is 16.7 Å². The molecule has 2 aromatic rings. The molecule has 1 aromatic carbocycles. The summed E-state index contributed by atoms with van der Waals surface area (Å²) in [6, 6.07) is 7.54. The van der Waals surface area contributed by atoms with Crippen LogP contribution in [0.2, 0.25) is 0 Å². The summed E-state index contributed by atoms with van der Waals surface area (Å²) in [5, 5.41) is 0.